The fourth-order valence-corrected chi connectivity index (χ4v) is 5.45. The Kier molecular flexibility index (Phi) is 5.18. The normalized spacial score (nSPS) is 21.0. The molecule has 2 aliphatic rings. The Morgan fingerprint density at radius 3 is 2.62 bits per heavy atom. The zero-order chi connectivity index (χ0) is 23.6. The van der Waals surface area contributed by atoms with Crippen molar-refractivity contribution in [2.75, 3.05) is 23.3 Å². The monoisotopic (exact) mass is 481 g/mol. The Morgan fingerprint density at radius 1 is 1.12 bits per heavy atom. The predicted octanol–water partition coefficient (Wildman–Crippen LogP) is 5.06. The van der Waals surface area contributed by atoms with Gasteiger partial charge in [-0.1, -0.05) is 11.6 Å². The third kappa shape index (κ3) is 3.99. The number of rotatable bonds is 5. The molecule has 3 heterocycles. The van der Waals surface area contributed by atoms with Gasteiger partial charge in [-0.2, -0.15) is 10.2 Å². The Balaban J connectivity index is 1.42. The van der Waals surface area contributed by atoms with E-state index in [0.29, 0.717) is 40.0 Å². The maximum atomic E-state index is 14.7. The summed E-state index contributed by atoms with van der Waals surface area (Å²) in [4.78, 5) is 2.39. The van der Waals surface area contributed by atoms with Crippen LogP contribution in [0.25, 0.3) is 21.8 Å². The first-order valence-electron chi connectivity index (χ1n) is 11.9. The molecule has 1 saturated carbocycles. The SMILES string of the molecule is C[C@@H]1CN(c2cc(Cl)c3c(Nc4cc(F)c5nn(C)cc5c4)nn(CC4CC4)c3c2)C[C@H](C)N1. The van der Waals surface area contributed by atoms with E-state index in [2.05, 4.69) is 45.2 Å². The Labute approximate surface area is 202 Å². The van der Waals surface area contributed by atoms with Gasteiger partial charge in [0, 0.05) is 61.7 Å². The van der Waals surface area contributed by atoms with E-state index in [1.807, 2.05) is 18.3 Å². The summed E-state index contributed by atoms with van der Waals surface area (Å²) in [5.74, 6) is 0.941. The van der Waals surface area contributed by atoms with Crippen LogP contribution in [0.4, 0.5) is 21.6 Å². The van der Waals surface area contributed by atoms with Crippen LogP contribution < -0.4 is 15.5 Å². The Morgan fingerprint density at radius 2 is 1.88 bits per heavy atom. The van der Waals surface area contributed by atoms with Gasteiger partial charge in [0.25, 0.3) is 0 Å². The molecule has 1 aliphatic heterocycles. The molecule has 2 fully saturated rings. The molecule has 0 bridgehead atoms. The van der Waals surface area contributed by atoms with Crippen molar-refractivity contribution < 1.29 is 4.39 Å². The molecule has 0 spiro atoms. The lowest BCUT2D eigenvalue weighted by atomic mass is 10.1. The lowest BCUT2D eigenvalue weighted by molar-refractivity contribution is 0.407. The topological polar surface area (TPSA) is 62.9 Å². The summed E-state index contributed by atoms with van der Waals surface area (Å²) in [5.41, 5.74) is 3.11. The number of piperazine rings is 1. The van der Waals surface area contributed by atoms with E-state index in [1.54, 1.807) is 11.7 Å². The van der Waals surface area contributed by atoms with E-state index >= 15 is 0 Å². The lowest BCUT2D eigenvalue weighted by Crippen LogP contribution is -2.54. The van der Waals surface area contributed by atoms with Crippen LogP contribution >= 0.6 is 11.6 Å². The number of anilines is 3. The lowest BCUT2D eigenvalue weighted by Gasteiger charge is -2.37. The van der Waals surface area contributed by atoms with Gasteiger partial charge in [-0.05, 0) is 56.9 Å². The Bertz CT molecular complexity index is 1380. The van der Waals surface area contributed by atoms with E-state index in [1.165, 1.54) is 18.9 Å². The van der Waals surface area contributed by atoms with E-state index in [4.69, 9.17) is 16.7 Å². The number of aromatic nitrogens is 4. The van der Waals surface area contributed by atoms with Crippen molar-refractivity contribution in [1.29, 1.82) is 0 Å². The molecule has 2 atom stereocenters. The molecule has 2 aromatic carbocycles. The van der Waals surface area contributed by atoms with Crippen LogP contribution in [0.2, 0.25) is 5.02 Å². The molecule has 4 aromatic rings. The summed E-state index contributed by atoms with van der Waals surface area (Å²) in [6, 6.07) is 8.41. The first kappa shape index (κ1) is 21.7. The van der Waals surface area contributed by atoms with Gasteiger partial charge in [-0.3, -0.25) is 9.36 Å². The average molecular weight is 482 g/mol. The number of fused-ring (bicyclic) bond motifs is 2. The number of halogens is 2. The standard InChI is InChI=1S/C25H29ClFN7/c1-14-10-33(11-15(2)28-14)19-8-20(26)23-22(9-19)34(12-16-4-5-16)31-25(23)29-18-6-17-13-32(3)30-24(17)21(27)7-18/h6-9,13-16,28H,4-5,10-12H2,1-3H3,(H,29,31)/t14-,15+. The van der Waals surface area contributed by atoms with Crippen LogP contribution in [0.3, 0.4) is 0 Å². The molecule has 178 valence electrons. The summed E-state index contributed by atoms with van der Waals surface area (Å²) < 4.78 is 18.4. The average Bonchev–Trinajstić information content (AvgIpc) is 3.40. The van der Waals surface area contributed by atoms with Crippen LogP contribution in [-0.4, -0.2) is 44.7 Å². The number of nitrogens with one attached hydrogen (secondary N) is 2. The number of nitrogens with zero attached hydrogens (tertiary/aromatic N) is 5. The van der Waals surface area contributed by atoms with Gasteiger partial charge < -0.3 is 15.5 Å². The summed E-state index contributed by atoms with van der Waals surface area (Å²) in [7, 11) is 1.79. The molecule has 6 rings (SSSR count). The molecule has 1 saturated heterocycles. The minimum absolute atomic E-state index is 0.360. The van der Waals surface area contributed by atoms with Crippen molar-refractivity contribution in [1.82, 2.24) is 24.9 Å². The highest BCUT2D eigenvalue weighted by Gasteiger charge is 2.27. The molecule has 0 amide bonds. The third-order valence-electron chi connectivity index (χ3n) is 6.78. The van der Waals surface area contributed by atoms with Crippen molar-refractivity contribution in [2.24, 2.45) is 13.0 Å². The second kappa shape index (κ2) is 8.13. The van der Waals surface area contributed by atoms with Gasteiger partial charge in [-0.15, -0.1) is 0 Å². The molecule has 2 aromatic heterocycles. The van der Waals surface area contributed by atoms with Gasteiger partial charge >= 0.3 is 0 Å². The first-order chi connectivity index (χ1) is 16.3. The zero-order valence-corrected chi connectivity index (χ0v) is 20.4. The second-order valence-electron chi connectivity index (χ2n) is 9.99. The fourth-order valence-electron chi connectivity index (χ4n) is 5.15. The maximum Gasteiger partial charge on any atom is 0.161 e. The summed E-state index contributed by atoms with van der Waals surface area (Å²) in [6.07, 6.45) is 4.27. The number of hydrogen-bond donors (Lipinski definition) is 2. The summed E-state index contributed by atoms with van der Waals surface area (Å²) in [6.45, 7) is 7.14. The molecular formula is C25H29ClFN7. The molecule has 2 N–H and O–H groups in total. The van der Waals surface area contributed by atoms with Gasteiger partial charge in [-0.25, -0.2) is 4.39 Å². The van der Waals surface area contributed by atoms with Crippen LogP contribution in [0, 0.1) is 11.7 Å². The van der Waals surface area contributed by atoms with Crippen LogP contribution in [0.5, 0.6) is 0 Å². The van der Waals surface area contributed by atoms with E-state index in [-0.39, 0.29) is 5.82 Å². The highest BCUT2D eigenvalue weighted by molar-refractivity contribution is 6.37. The molecule has 0 unspecified atom stereocenters. The van der Waals surface area contributed by atoms with Crippen LogP contribution in [-0.2, 0) is 13.6 Å². The summed E-state index contributed by atoms with van der Waals surface area (Å²) in [5, 5.41) is 18.3. The van der Waals surface area contributed by atoms with E-state index in [0.717, 1.165) is 41.6 Å². The molecule has 0 radical (unpaired) electrons. The number of hydrogen-bond acceptors (Lipinski definition) is 5. The minimum Gasteiger partial charge on any atom is -0.368 e. The number of benzene rings is 2. The van der Waals surface area contributed by atoms with Crippen molar-refractivity contribution in [2.45, 2.75) is 45.3 Å². The smallest absolute Gasteiger partial charge is 0.161 e. The van der Waals surface area contributed by atoms with Gasteiger partial charge in [0.15, 0.2) is 11.6 Å². The summed E-state index contributed by atoms with van der Waals surface area (Å²) >= 11 is 6.90. The van der Waals surface area contributed by atoms with E-state index in [9.17, 15) is 4.39 Å². The van der Waals surface area contributed by atoms with Crippen LogP contribution in [0.1, 0.15) is 26.7 Å². The quantitative estimate of drug-likeness (QED) is 0.417. The number of aryl methyl sites for hydroxylation is 1. The molecule has 7 nitrogen and oxygen atoms in total. The Hall–Kier alpha value is -2.84. The first-order valence-corrected chi connectivity index (χ1v) is 12.3. The van der Waals surface area contributed by atoms with Crippen molar-refractivity contribution >= 4 is 50.6 Å². The molecular weight excluding hydrogens is 453 g/mol. The van der Waals surface area contributed by atoms with Gasteiger partial charge in [0.05, 0.1) is 15.9 Å². The van der Waals surface area contributed by atoms with Crippen LogP contribution in [0.15, 0.2) is 30.5 Å². The van der Waals surface area contributed by atoms with Gasteiger partial charge in [0.1, 0.15) is 5.52 Å². The molecule has 9 heteroatoms. The second-order valence-corrected chi connectivity index (χ2v) is 10.4. The van der Waals surface area contributed by atoms with Gasteiger partial charge in [0.2, 0.25) is 0 Å². The molecule has 34 heavy (non-hydrogen) atoms. The predicted molar refractivity (Wildman–Crippen MR) is 136 cm³/mol. The molecule has 1 aliphatic carbocycles. The largest absolute Gasteiger partial charge is 0.368 e. The van der Waals surface area contributed by atoms with Crippen molar-refractivity contribution in [3.63, 3.8) is 0 Å². The minimum atomic E-state index is -0.363. The third-order valence-corrected chi connectivity index (χ3v) is 7.08. The maximum absolute atomic E-state index is 14.7. The zero-order valence-electron chi connectivity index (χ0n) is 19.6. The van der Waals surface area contributed by atoms with E-state index < -0.39 is 0 Å². The highest BCUT2D eigenvalue weighted by atomic mass is 35.5. The highest BCUT2D eigenvalue weighted by Crippen LogP contribution is 2.39. The van der Waals surface area contributed by atoms with Crippen molar-refractivity contribution in [3.05, 3.63) is 41.3 Å². The van der Waals surface area contributed by atoms with Crippen molar-refractivity contribution in [3.8, 4) is 0 Å². The fraction of sp³-hybridized carbons (Fsp3) is 0.440.